The molecule has 0 aromatic heterocycles. The third-order valence-electron chi connectivity index (χ3n) is 4.65. The van der Waals surface area contributed by atoms with Crippen molar-refractivity contribution in [1.29, 1.82) is 0 Å². The second-order valence-electron chi connectivity index (χ2n) is 7.69. The molecule has 0 aromatic rings. The highest BCUT2D eigenvalue weighted by molar-refractivity contribution is 6.64. The van der Waals surface area contributed by atoms with Crippen molar-refractivity contribution in [3.8, 4) is 0 Å². The molecule has 0 radical (unpaired) electrons. The summed E-state index contributed by atoms with van der Waals surface area (Å²) in [5.74, 6) is 0. The van der Waals surface area contributed by atoms with Crippen LogP contribution in [0.15, 0.2) is 0 Å². The van der Waals surface area contributed by atoms with E-state index in [-0.39, 0.29) is 0 Å². The Bertz CT molecular complexity index is 244. The molecule has 0 saturated carbocycles. The summed E-state index contributed by atoms with van der Waals surface area (Å²) in [5.41, 5.74) is 0. The van der Waals surface area contributed by atoms with Crippen molar-refractivity contribution >= 4 is 8.56 Å². The summed E-state index contributed by atoms with van der Waals surface area (Å²) in [6.45, 7) is 10.7. The van der Waals surface area contributed by atoms with Gasteiger partial charge in [-0.2, -0.15) is 0 Å². The largest absolute Gasteiger partial charge is 0.395 e. The van der Waals surface area contributed by atoms with Crippen molar-refractivity contribution in [1.82, 2.24) is 0 Å². The molecule has 0 aliphatic rings. The lowest BCUT2D eigenvalue weighted by atomic mass is 10.1. The molecule has 146 valence electrons. The first-order chi connectivity index (χ1) is 11.6. The van der Waals surface area contributed by atoms with Crippen LogP contribution in [0, 0.1) is 0 Å². The molecular formula is C21H46O2Si. The van der Waals surface area contributed by atoms with Crippen LogP contribution in [0.3, 0.4) is 0 Å². The van der Waals surface area contributed by atoms with Crippen molar-refractivity contribution in [3.63, 3.8) is 0 Å². The molecule has 0 unspecified atom stereocenters. The van der Waals surface area contributed by atoms with Gasteiger partial charge in [-0.3, -0.25) is 0 Å². The minimum Gasteiger partial charge on any atom is -0.395 e. The predicted octanol–water partition coefficient (Wildman–Crippen LogP) is 7.61. The van der Waals surface area contributed by atoms with E-state index in [1.54, 1.807) is 0 Å². The van der Waals surface area contributed by atoms with Crippen LogP contribution in [0.5, 0.6) is 0 Å². The molecule has 0 bridgehead atoms. The lowest BCUT2D eigenvalue weighted by Gasteiger charge is -2.23. The van der Waals surface area contributed by atoms with Crippen molar-refractivity contribution in [2.24, 2.45) is 0 Å². The lowest BCUT2D eigenvalue weighted by Crippen LogP contribution is -2.35. The van der Waals surface area contributed by atoms with E-state index in [1.807, 2.05) is 0 Å². The molecule has 0 fully saturated rings. The second-order valence-corrected chi connectivity index (χ2v) is 11.1. The molecule has 0 amide bonds. The topological polar surface area (TPSA) is 18.5 Å². The molecular weight excluding hydrogens is 312 g/mol. The molecule has 2 nitrogen and oxygen atoms in total. The Morgan fingerprint density at radius 2 is 0.750 bits per heavy atom. The van der Waals surface area contributed by atoms with Gasteiger partial charge in [-0.05, 0) is 25.9 Å². The Labute approximate surface area is 154 Å². The van der Waals surface area contributed by atoms with Crippen LogP contribution in [-0.2, 0) is 8.85 Å². The predicted molar refractivity (Wildman–Crippen MR) is 110 cm³/mol. The fourth-order valence-corrected chi connectivity index (χ4v) is 4.33. The Morgan fingerprint density at radius 3 is 1.08 bits per heavy atom. The summed E-state index contributed by atoms with van der Waals surface area (Å²) >= 11 is 0. The zero-order valence-electron chi connectivity index (χ0n) is 17.3. The number of hydrogen-bond donors (Lipinski definition) is 0. The van der Waals surface area contributed by atoms with E-state index in [4.69, 9.17) is 8.85 Å². The van der Waals surface area contributed by atoms with Gasteiger partial charge in [0.1, 0.15) is 0 Å². The van der Waals surface area contributed by atoms with Gasteiger partial charge in [-0.15, -0.1) is 0 Å². The smallest absolute Gasteiger partial charge is 0.331 e. The normalized spacial score (nSPS) is 12.0. The van der Waals surface area contributed by atoms with Crippen molar-refractivity contribution in [3.05, 3.63) is 0 Å². The highest BCUT2D eigenvalue weighted by Crippen LogP contribution is 2.13. The molecule has 0 aliphatic carbocycles. The third kappa shape index (κ3) is 18.5. The molecule has 0 aliphatic heterocycles. The van der Waals surface area contributed by atoms with Crippen LogP contribution in [0.25, 0.3) is 0 Å². The highest BCUT2D eigenvalue weighted by Gasteiger charge is 2.23. The monoisotopic (exact) mass is 358 g/mol. The number of unbranched alkanes of at least 4 members (excludes halogenated alkanes) is 13. The zero-order chi connectivity index (χ0) is 17.9. The molecule has 0 N–H and O–H groups in total. The SMILES string of the molecule is CCCCCCCCCCO[Si](C)(C)OCCCCCCCCC. The molecule has 0 saturated heterocycles. The van der Waals surface area contributed by atoms with Gasteiger partial charge in [0.25, 0.3) is 0 Å². The van der Waals surface area contributed by atoms with Crippen LogP contribution in [-0.4, -0.2) is 21.8 Å². The summed E-state index contributed by atoms with van der Waals surface area (Å²) in [4.78, 5) is 0. The third-order valence-corrected chi connectivity index (χ3v) is 6.44. The Kier molecular flexibility index (Phi) is 18.0. The molecule has 0 heterocycles. The van der Waals surface area contributed by atoms with E-state index in [9.17, 15) is 0 Å². The maximum atomic E-state index is 6.05. The average molecular weight is 359 g/mol. The van der Waals surface area contributed by atoms with Crippen LogP contribution in [0.4, 0.5) is 0 Å². The number of hydrogen-bond acceptors (Lipinski definition) is 2. The standard InChI is InChI=1S/C21H46O2Si/c1-5-7-9-11-13-15-17-19-21-23-24(3,4)22-20-18-16-14-12-10-8-6-2/h5-21H2,1-4H3. The summed E-state index contributed by atoms with van der Waals surface area (Å²) in [6, 6.07) is 0. The first-order valence-electron chi connectivity index (χ1n) is 10.9. The molecule has 0 aromatic carbocycles. The Morgan fingerprint density at radius 1 is 0.458 bits per heavy atom. The van der Waals surface area contributed by atoms with E-state index >= 15 is 0 Å². The summed E-state index contributed by atoms with van der Waals surface area (Å²) in [7, 11) is -1.87. The number of rotatable bonds is 19. The molecule has 0 spiro atoms. The van der Waals surface area contributed by atoms with Gasteiger partial charge in [0, 0.05) is 13.2 Å². The Balaban J connectivity index is 3.32. The minimum absolute atomic E-state index is 0.893. The fraction of sp³-hybridized carbons (Fsp3) is 1.00. The quantitative estimate of drug-likeness (QED) is 0.175. The first kappa shape index (κ1) is 24.1. The van der Waals surface area contributed by atoms with Gasteiger partial charge in [-0.25, -0.2) is 0 Å². The maximum absolute atomic E-state index is 6.05. The average Bonchev–Trinajstić information content (AvgIpc) is 2.55. The van der Waals surface area contributed by atoms with Gasteiger partial charge >= 0.3 is 8.56 Å². The second kappa shape index (κ2) is 17.9. The van der Waals surface area contributed by atoms with E-state index in [2.05, 4.69) is 26.9 Å². The van der Waals surface area contributed by atoms with Crippen molar-refractivity contribution in [2.75, 3.05) is 13.2 Å². The summed E-state index contributed by atoms with van der Waals surface area (Å²) in [6.07, 6.45) is 20.2. The van der Waals surface area contributed by atoms with E-state index in [1.165, 1.54) is 96.3 Å². The maximum Gasteiger partial charge on any atom is 0.331 e. The first-order valence-corrected chi connectivity index (χ1v) is 13.7. The zero-order valence-corrected chi connectivity index (χ0v) is 18.3. The fourth-order valence-electron chi connectivity index (χ4n) is 2.97. The molecule has 0 rings (SSSR count). The summed E-state index contributed by atoms with van der Waals surface area (Å²) < 4.78 is 12.1. The van der Waals surface area contributed by atoms with E-state index < -0.39 is 8.56 Å². The van der Waals surface area contributed by atoms with Crippen LogP contribution < -0.4 is 0 Å². The van der Waals surface area contributed by atoms with Gasteiger partial charge in [-0.1, -0.05) is 97.3 Å². The molecule has 3 heteroatoms. The summed E-state index contributed by atoms with van der Waals surface area (Å²) in [5, 5.41) is 0. The highest BCUT2D eigenvalue weighted by atomic mass is 28.4. The Hall–Kier alpha value is 0.137. The van der Waals surface area contributed by atoms with E-state index in [0.717, 1.165) is 13.2 Å². The van der Waals surface area contributed by atoms with E-state index in [0.29, 0.717) is 0 Å². The van der Waals surface area contributed by atoms with Gasteiger partial charge in [0.2, 0.25) is 0 Å². The van der Waals surface area contributed by atoms with Crippen molar-refractivity contribution in [2.45, 2.75) is 123 Å². The van der Waals surface area contributed by atoms with Crippen LogP contribution in [0.2, 0.25) is 13.1 Å². The van der Waals surface area contributed by atoms with Gasteiger partial charge < -0.3 is 8.85 Å². The lowest BCUT2D eigenvalue weighted by molar-refractivity contribution is 0.172. The molecule has 0 atom stereocenters. The molecule has 24 heavy (non-hydrogen) atoms. The minimum atomic E-state index is -1.87. The van der Waals surface area contributed by atoms with Crippen LogP contribution >= 0.6 is 0 Å². The van der Waals surface area contributed by atoms with Gasteiger partial charge in [0.05, 0.1) is 0 Å². The van der Waals surface area contributed by atoms with Crippen LogP contribution in [0.1, 0.15) is 110 Å². The van der Waals surface area contributed by atoms with Crippen molar-refractivity contribution < 1.29 is 8.85 Å². The van der Waals surface area contributed by atoms with Gasteiger partial charge in [0.15, 0.2) is 0 Å².